The molecule has 0 aliphatic rings. The molecule has 3 aromatic rings. The number of halogens is 1. The molecule has 2 aromatic heterocycles. The van der Waals surface area contributed by atoms with Crippen molar-refractivity contribution in [3.63, 3.8) is 0 Å². The number of aryl methyl sites for hydroxylation is 1. The first-order chi connectivity index (χ1) is 9.29. The lowest BCUT2D eigenvalue weighted by molar-refractivity contribution is 0.889. The Morgan fingerprint density at radius 2 is 2.11 bits per heavy atom. The van der Waals surface area contributed by atoms with Crippen LogP contribution >= 0.6 is 11.6 Å². The van der Waals surface area contributed by atoms with Gasteiger partial charge >= 0.3 is 0 Å². The number of aromatic nitrogens is 3. The van der Waals surface area contributed by atoms with E-state index in [4.69, 9.17) is 11.6 Å². The van der Waals surface area contributed by atoms with Crippen LogP contribution in [0.15, 0.2) is 42.9 Å². The Kier molecular flexibility index (Phi) is 3.22. The molecule has 19 heavy (non-hydrogen) atoms. The first kappa shape index (κ1) is 12.2. The zero-order valence-electron chi connectivity index (χ0n) is 10.7. The van der Waals surface area contributed by atoms with Crippen LogP contribution < -0.4 is 0 Å². The normalized spacial score (nSPS) is 11.1. The quantitative estimate of drug-likeness (QED) is 0.720. The molecule has 0 spiro atoms. The molecule has 0 saturated heterocycles. The smallest absolute Gasteiger partial charge is 0.0939 e. The molecule has 0 N–H and O–H groups in total. The van der Waals surface area contributed by atoms with Crippen LogP contribution in [0.4, 0.5) is 0 Å². The van der Waals surface area contributed by atoms with Gasteiger partial charge in [-0.1, -0.05) is 37.1 Å². The number of pyridine rings is 1. The molecule has 0 radical (unpaired) electrons. The molecule has 2 heterocycles. The minimum atomic E-state index is 0.633. The van der Waals surface area contributed by atoms with Gasteiger partial charge in [0.2, 0.25) is 0 Å². The molecule has 3 rings (SSSR count). The van der Waals surface area contributed by atoms with E-state index in [1.165, 1.54) is 5.56 Å². The Hall–Kier alpha value is -1.87. The summed E-state index contributed by atoms with van der Waals surface area (Å²) in [5.74, 6) is 0. The molecule has 96 valence electrons. The van der Waals surface area contributed by atoms with Gasteiger partial charge in [0.05, 0.1) is 28.6 Å². The summed E-state index contributed by atoms with van der Waals surface area (Å²) in [5.41, 5.74) is 3.30. The van der Waals surface area contributed by atoms with Crippen molar-refractivity contribution in [3.8, 4) is 5.69 Å². The van der Waals surface area contributed by atoms with Crippen molar-refractivity contribution in [3.05, 3.63) is 53.4 Å². The van der Waals surface area contributed by atoms with Gasteiger partial charge in [0, 0.05) is 11.6 Å². The first-order valence-corrected chi connectivity index (χ1v) is 6.74. The maximum absolute atomic E-state index is 6.12. The van der Waals surface area contributed by atoms with Crippen LogP contribution in [-0.2, 0) is 6.42 Å². The lowest BCUT2D eigenvalue weighted by Gasteiger charge is -2.06. The molecular weight excluding hydrogens is 258 g/mol. The molecule has 0 aliphatic carbocycles. The Morgan fingerprint density at radius 3 is 2.95 bits per heavy atom. The minimum absolute atomic E-state index is 0.633. The molecule has 0 atom stereocenters. The lowest BCUT2D eigenvalue weighted by atomic mass is 10.1. The number of hydrogen-bond donors (Lipinski definition) is 0. The molecule has 1 aromatic carbocycles. The van der Waals surface area contributed by atoms with Gasteiger partial charge in [0.15, 0.2) is 0 Å². The number of benzene rings is 1. The molecule has 4 heteroatoms. The van der Waals surface area contributed by atoms with Gasteiger partial charge < -0.3 is 0 Å². The van der Waals surface area contributed by atoms with Crippen molar-refractivity contribution in [1.29, 1.82) is 0 Å². The highest BCUT2D eigenvalue weighted by atomic mass is 35.5. The van der Waals surface area contributed by atoms with Crippen LogP contribution in [0.1, 0.15) is 18.9 Å². The standard InChI is InChI=1S/C15H14ClN3/c1-2-4-11-5-3-6-12(7-11)19-15-10-17-9-14(16)13(15)8-18-19/h3,5-10H,2,4H2,1H3. The second-order valence-electron chi connectivity index (χ2n) is 4.53. The van der Waals surface area contributed by atoms with E-state index in [-0.39, 0.29) is 0 Å². The number of rotatable bonds is 3. The van der Waals surface area contributed by atoms with Crippen molar-refractivity contribution in [2.45, 2.75) is 19.8 Å². The summed E-state index contributed by atoms with van der Waals surface area (Å²) in [6.07, 6.45) is 7.43. The van der Waals surface area contributed by atoms with Gasteiger partial charge in [-0.15, -0.1) is 0 Å². The summed E-state index contributed by atoms with van der Waals surface area (Å²) in [5, 5.41) is 5.98. The van der Waals surface area contributed by atoms with Crippen LogP contribution in [-0.4, -0.2) is 14.8 Å². The largest absolute Gasteiger partial charge is 0.261 e. The van der Waals surface area contributed by atoms with E-state index in [1.54, 1.807) is 18.6 Å². The summed E-state index contributed by atoms with van der Waals surface area (Å²) in [4.78, 5) is 4.14. The zero-order chi connectivity index (χ0) is 13.2. The molecule has 0 saturated carbocycles. The molecule has 0 aliphatic heterocycles. The molecule has 0 unspecified atom stereocenters. The van der Waals surface area contributed by atoms with Gasteiger partial charge in [-0.3, -0.25) is 4.98 Å². The van der Waals surface area contributed by atoms with E-state index >= 15 is 0 Å². The van der Waals surface area contributed by atoms with E-state index < -0.39 is 0 Å². The van der Waals surface area contributed by atoms with E-state index in [0.29, 0.717) is 5.02 Å². The molecule has 0 fully saturated rings. The lowest BCUT2D eigenvalue weighted by Crippen LogP contribution is -1.97. The van der Waals surface area contributed by atoms with Gasteiger partial charge in [0.1, 0.15) is 0 Å². The van der Waals surface area contributed by atoms with E-state index in [1.807, 2.05) is 10.7 Å². The van der Waals surface area contributed by atoms with Crippen LogP contribution in [0.2, 0.25) is 5.02 Å². The predicted octanol–water partition coefficient (Wildman–Crippen LogP) is 4.03. The second-order valence-corrected chi connectivity index (χ2v) is 4.94. The van der Waals surface area contributed by atoms with Crippen molar-refractivity contribution < 1.29 is 0 Å². The SMILES string of the molecule is CCCc1cccc(-n2ncc3c(Cl)cncc32)c1. The van der Waals surface area contributed by atoms with Gasteiger partial charge in [-0.2, -0.15) is 5.10 Å². The number of hydrogen-bond acceptors (Lipinski definition) is 2. The topological polar surface area (TPSA) is 30.7 Å². The molecular formula is C15H14ClN3. The van der Waals surface area contributed by atoms with Gasteiger partial charge in [0.25, 0.3) is 0 Å². The Morgan fingerprint density at radius 1 is 1.21 bits per heavy atom. The number of nitrogens with zero attached hydrogens (tertiary/aromatic N) is 3. The predicted molar refractivity (Wildman–Crippen MR) is 77.9 cm³/mol. The monoisotopic (exact) mass is 271 g/mol. The van der Waals surface area contributed by atoms with Crippen molar-refractivity contribution in [1.82, 2.24) is 14.8 Å². The highest BCUT2D eigenvalue weighted by Gasteiger charge is 2.08. The summed E-state index contributed by atoms with van der Waals surface area (Å²) in [6, 6.07) is 8.42. The maximum Gasteiger partial charge on any atom is 0.0939 e. The van der Waals surface area contributed by atoms with Crippen molar-refractivity contribution in [2.24, 2.45) is 0 Å². The molecule has 3 nitrogen and oxygen atoms in total. The third-order valence-corrected chi connectivity index (χ3v) is 3.44. The molecule has 0 amide bonds. The van der Waals surface area contributed by atoms with E-state index in [0.717, 1.165) is 29.4 Å². The fraction of sp³-hybridized carbons (Fsp3) is 0.200. The first-order valence-electron chi connectivity index (χ1n) is 6.36. The van der Waals surface area contributed by atoms with E-state index in [9.17, 15) is 0 Å². The van der Waals surface area contributed by atoms with Gasteiger partial charge in [-0.25, -0.2) is 4.68 Å². The van der Waals surface area contributed by atoms with Crippen LogP contribution in [0.3, 0.4) is 0 Å². The Balaban J connectivity index is 2.14. The van der Waals surface area contributed by atoms with Crippen molar-refractivity contribution in [2.75, 3.05) is 0 Å². The summed E-state index contributed by atoms with van der Waals surface area (Å²) < 4.78 is 1.88. The van der Waals surface area contributed by atoms with Crippen LogP contribution in [0, 0.1) is 0 Å². The zero-order valence-corrected chi connectivity index (χ0v) is 11.4. The second kappa shape index (κ2) is 5.02. The van der Waals surface area contributed by atoms with Gasteiger partial charge in [-0.05, 0) is 24.1 Å². The van der Waals surface area contributed by atoms with E-state index in [2.05, 4.69) is 35.2 Å². The summed E-state index contributed by atoms with van der Waals surface area (Å²) in [6.45, 7) is 2.18. The van der Waals surface area contributed by atoms with Crippen LogP contribution in [0.5, 0.6) is 0 Å². The maximum atomic E-state index is 6.12. The minimum Gasteiger partial charge on any atom is -0.261 e. The average Bonchev–Trinajstić information content (AvgIpc) is 2.85. The third kappa shape index (κ3) is 2.22. The summed E-state index contributed by atoms with van der Waals surface area (Å²) in [7, 11) is 0. The third-order valence-electron chi connectivity index (χ3n) is 3.14. The Labute approximate surface area is 116 Å². The fourth-order valence-corrected chi connectivity index (χ4v) is 2.45. The van der Waals surface area contributed by atoms with Crippen molar-refractivity contribution >= 4 is 22.5 Å². The summed E-state index contributed by atoms with van der Waals surface area (Å²) >= 11 is 6.12. The van der Waals surface area contributed by atoms with Crippen LogP contribution in [0.25, 0.3) is 16.6 Å². The highest BCUT2D eigenvalue weighted by Crippen LogP contribution is 2.24. The highest BCUT2D eigenvalue weighted by molar-refractivity contribution is 6.35. The number of fused-ring (bicyclic) bond motifs is 1. The Bertz CT molecular complexity index is 718. The average molecular weight is 272 g/mol. The molecule has 0 bridgehead atoms. The fourth-order valence-electron chi connectivity index (χ4n) is 2.25.